The molecule has 3 nitrogen and oxygen atoms in total. The Morgan fingerprint density at radius 2 is 2.33 bits per heavy atom. The van der Waals surface area contributed by atoms with E-state index in [0.717, 1.165) is 11.3 Å². The van der Waals surface area contributed by atoms with Crippen molar-refractivity contribution in [3.63, 3.8) is 0 Å². The molecule has 1 aromatic rings. The van der Waals surface area contributed by atoms with Crippen LogP contribution < -0.4 is 5.32 Å². The number of hydrogen-bond acceptors (Lipinski definition) is 2. The van der Waals surface area contributed by atoms with Crippen molar-refractivity contribution in [2.75, 3.05) is 0 Å². The maximum Gasteiger partial charge on any atom is 0.223 e. The average molecular weight is 162 g/mol. The van der Waals surface area contributed by atoms with E-state index in [1.54, 1.807) is 0 Å². The summed E-state index contributed by atoms with van der Waals surface area (Å²) in [5, 5.41) is 2.78. The van der Waals surface area contributed by atoms with E-state index in [4.69, 9.17) is 0 Å². The Labute approximate surface area is 70.8 Å². The van der Waals surface area contributed by atoms with Gasteiger partial charge in [0, 0.05) is 6.20 Å². The summed E-state index contributed by atoms with van der Waals surface area (Å²) in [5.41, 5.74) is 2.10. The van der Waals surface area contributed by atoms with Crippen LogP contribution in [0.1, 0.15) is 23.7 Å². The van der Waals surface area contributed by atoms with Crippen molar-refractivity contribution in [3.05, 3.63) is 29.6 Å². The number of aromatic nitrogens is 1. The third kappa shape index (κ3) is 1.18. The second-order valence-electron chi connectivity index (χ2n) is 3.08. The molecular formula is C9H10N2O. The van der Waals surface area contributed by atoms with Crippen LogP contribution in [0.15, 0.2) is 18.3 Å². The lowest BCUT2D eigenvalue weighted by Gasteiger charge is -2.26. The highest BCUT2D eigenvalue weighted by atomic mass is 16.2. The normalized spacial score (nSPS) is 21.4. The molecule has 1 aliphatic heterocycles. The molecule has 1 aromatic heterocycles. The fourth-order valence-corrected chi connectivity index (χ4v) is 1.22. The molecule has 1 aliphatic rings. The Morgan fingerprint density at radius 1 is 1.58 bits per heavy atom. The SMILES string of the molecule is Cc1ccc(C2CC(=O)N2)nc1. The maximum atomic E-state index is 10.6. The molecule has 0 saturated carbocycles. The molecule has 1 saturated heterocycles. The fraction of sp³-hybridized carbons (Fsp3) is 0.333. The van der Waals surface area contributed by atoms with Gasteiger partial charge in [-0.1, -0.05) is 6.07 Å². The largest absolute Gasteiger partial charge is 0.347 e. The van der Waals surface area contributed by atoms with E-state index in [1.165, 1.54) is 0 Å². The summed E-state index contributed by atoms with van der Waals surface area (Å²) in [6.07, 6.45) is 2.40. The number of hydrogen-bond donors (Lipinski definition) is 1. The number of nitrogens with zero attached hydrogens (tertiary/aromatic N) is 1. The van der Waals surface area contributed by atoms with Gasteiger partial charge in [0.2, 0.25) is 5.91 Å². The molecule has 2 rings (SSSR count). The highest BCUT2D eigenvalue weighted by molar-refractivity contribution is 5.83. The minimum absolute atomic E-state index is 0.113. The van der Waals surface area contributed by atoms with E-state index in [-0.39, 0.29) is 11.9 Å². The average Bonchev–Trinajstić information content (AvgIpc) is 2.01. The Bertz CT molecular complexity index is 297. The quantitative estimate of drug-likeness (QED) is 0.625. The monoisotopic (exact) mass is 162 g/mol. The second kappa shape index (κ2) is 2.59. The molecule has 0 aliphatic carbocycles. The van der Waals surface area contributed by atoms with Crippen LogP contribution in [0.2, 0.25) is 0 Å². The van der Waals surface area contributed by atoms with Crippen molar-refractivity contribution in [2.45, 2.75) is 19.4 Å². The van der Waals surface area contributed by atoms with E-state index in [2.05, 4.69) is 10.3 Å². The minimum Gasteiger partial charge on any atom is -0.347 e. The predicted molar refractivity (Wildman–Crippen MR) is 44.5 cm³/mol. The van der Waals surface area contributed by atoms with Crippen LogP contribution in [0, 0.1) is 6.92 Å². The molecule has 1 fully saturated rings. The lowest BCUT2D eigenvalue weighted by molar-refractivity contribution is -0.128. The third-order valence-electron chi connectivity index (χ3n) is 2.02. The summed E-state index contributed by atoms with van der Waals surface area (Å²) in [5.74, 6) is 0.113. The molecule has 0 bridgehead atoms. The summed E-state index contributed by atoms with van der Waals surface area (Å²) >= 11 is 0. The first-order valence-electron chi connectivity index (χ1n) is 3.97. The fourth-order valence-electron chi connectivity index (χ4n) is 1.22. The van der Waals surface area contributed by atoms with E-state index in [0.29, 0.717) is 6.42 Å². The maximum absolute atomic E-state index is 10.6. The van der Waals surface area contributed by atoms with Crippen LogP contribution in [0.4, 0.5) is 0 Å². The van der Waals surface area contributed by atoms with Crippen LogP contribution in [-0.4, -0.2) is 10.9 Å². The number of carbonyl (C=O) groups is 1. The molecule has 3 heteroatoms. The first-order valence-corrected chi connectivity index (χ1v) is 3.97. The standard InChI is InChI=1S/C9H10N2O/c1-6-2-3-7(10-5-6)8-4-9(12)11-8/h2-3,5,8H,4H2,1H3,(H,11,12). The molecular weight excluding hydrogens is 152 g/mol. The first-order chi connectivity index (χ1) is 5.75. The number of rotatable bonds is 1. The molecule has 0 radical (unpaired) electrons. The second-order valence-corrected chi connectivity index (χ2v) is 3.08. The molecule has 1 atom stereocenters. The van der Waals surface area contributed by atoms with Crippen molar-refractivity contribution in [3.8, 4) is 0 Å². The summed E-state index contributed by atoms with van der Waals surface area (Å²) in [6.45, 7) is 2.00. The number of amides is 1. The van der Waals surface area contributed by atoms with Crippen LogP contribution in [0.3, 0.4) is 0 Å². The van der Waals surface area contributed by atoms with Gasteiger partial charge in [-0.05, 0) is 18.6 Å². The highest BCUT2D eigenvalue weighted by Gasteiger charge is 2.27. The first kappa shape index (κ1) is 7.28. The molecule has 1 amide bonds. The Balaban J connectivity index is 2.14. The molecule has 62 valence electrons. The van der Waals surface area contributed by atoms with E-state index < -0.39 is 0 Å². The van der Waals surface area contributed by atoms with Crippen molar-refractivity contribution >= 4 is 5.91 Å². The Kier molecular flexibility index (Phi) is 1.57. The predicted octanol–water partition coefficient (Wildman–Crippen LogP) is 0.951. The van der Waals surface area contributed by atoms with Gasteiger partial charge in [0.15, 0.2) is 0 Å². The van der Waals surface area contributed by atoms with Gasteiger partial charge in [-0.2, -0.15) is 0 Å². The summed E-state index contributed by atoms with van der Waals surface area (Å²) in [4.78, 5) is 14.8. The number of carbonyl (C=O) groups excluding carboxylic acids is 1. The summed E-state index contributed by atoms with van der Waals surface area (Å²) < 4.78 is 0. The van der Waals surface area contributed by atoms with Crippen LogP contribution >= 0.6 is 0 Å². The van der Waals surface area contributed by atoms with Crippen LogP contribution in [0.5, 0.6) is 0 Å². The van der Waals surface area contributed by atoms with Gasteiger partial charge in [0.1, 0.15) is 0 Å². The Morgan fingerprint density at radius 3 is 2.83 bits per heavy atom. The molecule has 1 unspecified atom stereocenters. The highest BCUT2D eigenvalue weighted by Crippen LogP contribution is 2.21. The van der Waals surface area contributed by atoms with Crippen molar-refractivity contribution in [1.29, 1.82) is 0 Å². The van der Waals surface area contributed by atoms with Crippen molar-refractivity contribution < 1.29 is 4.79 Å². The number of nitrogens with one attached hydrogen (secondary N) is 1. The zero-order valence-electron chi connectivity index (χ0n) is 6.87. The minimum atomic E-state index is 0.113. The molecule has 0 spiro atoms. The molecule has 0 aromatic carbocycles. The topological polar surface area (TPSA) is 42.0 Å². The van der Waals surface area contributed by atoms with Crippen molar-refractivity contribution in [1.82, 2.24) is 10.3 Å². The Hall–Kier alpha value is -1.38. The van der Waals surface area contributed by atoms with Gasteiger partial charge in [-0.3, -0.25) is 9.78 Å². The van der Waals surface area contributed by atoms with Gasteiger partial charge < -0.3 is 5.32 Å². The van der Waals surface area contributed by atoms with E-state index in [9.17, 15) is 4.79 Å². The van der Waals surface area contributed by atoms with Gasteiger partial charge >= 0.3 is 0 Å². The lowest BCUT2D eigenvalue weighted by atomic mass is 10.0. The third-order valence-corrected chi connectivity index (χ3v) is 2.02. The molecule has 2 heterocycles. The lowest BCUT2D eigenvalue weighted by Crippen LogP contribution is -2.41. The van der Waals surface area contributed by atoms with E-state index >= 15 is 0 Å². The number of pyridine rings is 1. The number of β-lactam (4-membered cyclic amide) rings is 1. The summed E-state index contributed by atoms with van der Waals surface area (Å²) in [6, 6.07) is 4.12. The van der Waals surface area contributed by atoms with Gasteiger partial charge in [-0.25, -0.2) is 0 Å². The summed E-state index contributed by atoms with van der Waals surface area (Å²) in [7, 11) is 0. The number of aryl methyl sites for hydroxylation is 1. The smallest absolute Gasteiger partial charge is 0.223 e. The zero-order chi connectivity index (χ0) is 8.55. The van der Waals surface area contributed by atoms with Gasteiger partial charge in [0.05, 0.1) is 18.2 Å². The van der Waals surface area contributed by atoms with Crippen molar-refractivity contribution in [2.24, 2.45) is 0 Å². The zero-order valence-corrected chi connectivity index (χ0v) is 6.87. The van der Waals surface area contributed by atoms with Crippen LogP contribution in [-0.2, 0) is 4.79 Å². The molecule has 12 heavy (non-hydrogen) atoms. The van der Waals surface area contributed by atoms with Gasteiger partial charge in [-0.15, -0.1) is 0 Å². The van der Waals surface area contributed by atoms with Crippen LogP contribution in [0.25, 0.3) is 0 Å². The van der Waals surface area contributed by atoms with Gasteiger partial charge in [0.25, 0.3) is 0 Å². The van der Waals surface area contributed by atoms with E-state index in [1.807, 2.05) is 25.3 Å². The molecule has 1 N–H and O–H groups in total.